The lowest BCUT2D eigenvalue weighted by Gasteiger charge is -2.10. The van der Waals surface area contributed by atoms with Gasteiger partial charge in [-0.3, -0.25) is 4.99 Å². The molecule has 186 valence electrons. The van der Waals surface area contributed by atoms with E-state index in [2.05, 4.69) is 151 Å². The molecule has 0 spiro atoms. The van der Waals surface area contributed by atoms with Gasteiger partial charge in [0.15, 0.2) is 0 Å². The van der Waals surface area contributed by atoms with E-state index in [0.29, 0.717) is 0 Å². The predicted octanol–water partition coefficient (Wildman–Crippen LogP) is 9.58. The molecule has 39 heavy (non-hydrogen) atoms. The molecule has 2 heteroatoms. The minimum absolute atomic E-state index is 0.0261. The van der Waals surface area contributed by atoms with Crippen LogP contribution in [0.4, 0.5) is 0 Å². The van der Waals surface area contributed by atoms with Gasteiger partial charge in [-0.25, -0.2) is 0 Å². The number of rotatable bonds is 5. The first-order valence-electron chi connectivity index (χ1n) is 13.5. The second-order valence-corrected chi connectivity index (χ2v) is 9.91. The van der Waals surface area contributed by atoms with Gasteiger partial charge in [0.2, 0.25) is 0 Å². The van der Waals surface area contributed by atoms with E-state index in [9.17, 15) is 0 Å². The highest BCUT2D eigenvalue weighted by molar-refractivity contribution is 6.09. The molecule has 0 bridgehead atoms. The molecule has 0 saturated carbocycles. The van der Waals surface area contributed by atoms with Gasteiger partial charge in [-0.2, -0.15) is 0 Å². The fourth-order valence-corrected chi connectivity index (χ4v) is 5.93. The van der Waals surface area contributed by atoms with Gasteiger partial charge in [0.05, 0.1) is 11.0 Å². The van der Waals surface area contributed by atoms with Crippen molar-refractivity contribution in [3.8, 4) is 16.8 Å². The Morgan fingerprint density at radius 2 is 1.18 bits per heavy atom. The first-order chi connectivity index (χ1) is 19.3. The molecule has 0 saturated heterocycles. The maximum absolute atomic E-state index is 5.04. The van der Waals surface area contributed by atoms with Crippen LogP contribution in [0, 0.1) is 0 Å². The van der Waals surface area contributed by atoms with Crippen molar-refractivity contribution in [1.82, 2.24) is 4.57 Å². The smallest absolute Gasteiger partial charge is 0.101 e. The number of hydrogen-bond acceptors (Lipinski definition) is 1. The number of benzene rings is 5. The minimum atomic E-state index is 0.0261. The van der Waals surface area contributed by atoms with E-state index in [4.69, 9.17) is 4.99 Å². The summed E-state index contributed by atoms with van der Waals surface area (Å²) < 4.78 is 2.35. The molecule has 7 rings (SSSR count). The Hall–Kier alpha value is -4.95. The quantitative estimate of drug-likeness (QED) is 0.166. The fourth-order valence-electron chi connectivity index (χ4n) is 5.93. The van der Waals surface area contributed by atoms with Gasteiger partial charge >= 0.3 is 0 Å². The van der Waals surface area contributed by atoms with Crippen molar-refractivity contribution >= 4 is 33.6 Å². The molecule has 1 aromatic heterocycles. The molecule has 1 aliphatic rings. The van der Waals surface area contributed by atoms with Gasteiger partial charge in [-0.05, 0) is 70.7 Å². The van der Waals surface area contributed by atoms with Crippen LogP contribution >= 0.6 is 0 Å². The van der Waals surface area contributed by atoms with Crippen LogP contribution in [-0.2, 0) is 0 Å². The topological polar surface area (TPSA) is 17.3 Å². The summed E-state index contributed by atoms with van der Waals surface area (Å²) in [5.41, 5.74) is 11.0. The molecule has 5 aromatic carbocycles. The SMILES string of the molecule is C\C=C/C(=C\C=N\C1c2ccccc2-c2ccccc21)c1ccc(-n2c3ccccc3c3ccccc32)cc1. The van der Waals surface area contributed by atoms with Gasteiger partial charge in [0.1, 0.15) is 6.04 Å². The second kappa shape index (κ2) is 9.74. The lowest BCUT2D eigenvalue weighted by molar-refractivity contribution is 0.909. The first kappa shape index (κ1) is 23.2. The summed E-state index contributed by atoms with van der Waals surface area (Å²) in [5.74, 6) is 0. The van der Waals surface area contributed by atoms with E-state index in [1.54, 1.807) is 0 Å². The van der Waals surface area contributed by atoms with Gasteiger partial charge in [-0.15, -0.1) is 0 Å². The zero-order valence-corrected chi connectivity index (χ0v) is 21.8. The molecule has 0 fully saturated rings. The Morgan fingerprint density at radius 1 is 0.641 bits per heavy atom. The molecule has 2 nitrogen and oxygen atoms in total. The zero-order valence-electron chi connectivity index (χ0n) is 21.8. The molecule has 0 N–H and O–H groups in total. The highest BCUT2D eigenvalue weighted by atomic mass is 15.0. The number of aliphatic imine (C=N–C) groups is 1. The monoisotopic (exact) mass is 500 g/mol. The minimum Gasteiger partial charge on any atom is -0.309 e. The molecular formula is C37H28N2. The van der Waals surface area contributed by atoms with E-state index < -0.39 is 0 Å². The number of allylic oxidation sites excluding steroid dienone is 4. The van der Waals surface area contributed by atoms with Crippen LogP contribution in [0.3, 0.4) is 0 Å². The lowest BCUT2D eigenvalue weighted by Crippen LogP contribution is -1.94. The number of aromatic nitrogens is 1. The predicted molar refractivity (Wildman–Crippen MR) is 166 cm³/mol. The average molecular weight is 501 g/mol. The van der Waals surface area contributed by atoms with E-state index in [0.717, 1.165) is 16.8 Å². The van der Waals surface area contributed by atoms with E-state index >= 15 is 0 Å². The largest absolute Gasteiger partial charge is 0.309 e. The number of hydrogen-bond donors (Lipinski definition) is 0. The van der Waals surface area contributed by atoms with Crippen LogP contribution in [-0.4, -0.2) is 10.8 Å². The van der Waals surface area contributed by atoms with Crippen molar-refractivity contribution in [2.45, 2.75) is 13.0 Å². The summed E-state index contributed by atoms with van der Waals surface area (Å²) in [6.07, 6.45) is 8.33. The molecule has 0 amide bonds. The highest BCUT2D eigenvalue weighted by Crippen LogP contribution is 2.45. The third-order valence-corrected chi connectivity index (χ3v) is 7.68. The maximum Gasteiger partial charge on any atom is 0.101 e. The normalized spacial score (nSPS) is 13.6. The third kappa shape index (κ3) is 3.93. The average Bonchev–Trinajstić information content (AvgIpc) is 3.50. The van der Waals surface area contributed by atoms with E-state index in [1.165, 1.54) is 44.1 Å². The highest BCUT2D eigenvalue weighted by Gasteiger charge is 2.26. The summed E-state index contributed by atoms with van der Waals surface area (Å²) in [4.78, 5) is 5.04. The summed E-state index contributed by atoms with van der Waals surface area (Å²) in [6, 6.07) is 43.3. The van der Waals surface area contributed by atoms with Crippen LogP contribution in [0.15, 0.2) is 145 Å². The van der Waals surface area contributed by atoms with Crippen LogP contribution < -0.4 is 0 Å². The van der Waals surface area contributed by atoms with Gasteiger partial charge in [-0.1, -0.05) is 109 Å². The van der Waals surface area contributed by atoms with Crippen molar-refractivity contribution in [2.75, 3.05) is 0 Å². The number of fused-ring (bicyclic) bond motifs is 6. The number of para-hydroxylation sites is 2. The van der Waals surface area contributed by atoms with Crippen molar-refractivity contribution in [2.24, 2.45) is 4.99 Å². The van der Waals surface area contributed by atoms with E-state index in [-0.39, 0.29) is 6.04 Å². The first-order valence-corrected chi connectivity index (χ1v) is 13.5. The third-order valence-electron chi connectivity index (χ3n) is 7.68. The second-order valence-electron chi connectivity index (χ2n) is 9.91. The molecule has 6 aromatic rings. The summed E-state index contributed by atoms with van der Waals surface area (Å²) >= 11 is 0. The Labute approximate surface area is 228 Å². The Kier molecular flexibility index (Phi) is 5.79. The number of nitrogens with zero attached hydrogens (tertiary/aromatic N) is 2. The van der Waals surface area contributed by atoms with Crippen molar-refractivity contribution < 1.29 is 0 Å². The van der Waals surface area contributed by atoms with E-state index in [1.807, 2.05) is 6.21 Å². The van der Waals surface area contributed by atoms with Crippen LogP contribution in [0.2, 0.25) is 0 Å². The maximum atomic E-state index is 5.04. The van der Waals surface area contributed by atoms with Gasteiger partial charge in [0, 0.05) is 22.7 Å². The van der Waals surface area contributed by atoms with Gasteiger partial charge < -0.3 is 4.57 Å². The van der Waals surface area contributed by atoms with Crippen LogP contribution in [0.5, 0.6) is 0 Å². The van der Waals surface area contributed by atoms with Gasteiger partial charge in [0.25, 0.3) is 0 Å². The Bertz CT molecular complexity index is 1820. The molecule has 0 unspecified atom stereocenters. The Morgan fingerprint density at radius 3 is 1.77 bits per heavy atom. The molecule has 1 heterocycles. The molecule has 0 aliphatic heterocycles. The Balaban J connectivity index is 1.24. The summed E-state index contributed by atoms with van der Waals surface area (Å²) in [6.45, 7) is 2.06. The zero-order chi connectivity index (χ0) is 26.2. The van der Waals surface area contributed by atoms with Crippen molar-refractivity contribution in [1.29, 1.82) is 0 Å². The van der Waals surface area contributed by atoms with Crippen molar-refractivity contribution in [3.05, 3.63) is 156 Å². The summed E-state index contributed by atoms with van der Waals surface area (Å²) in [5, 5.41) is 2.55. The molecule has 0 radical (unpaired) electrons. The molecular weight excluding hydrogens is 472 g/mol. The summed E-state index contributed by atoms with van der Waals surface area (Å²) in [7, 11) is 0. The van der Waals surface area contributed by atoms with Crippen molar-refractivity contribution in [3.63, 3.8) is 0 Å². The fraction of sp³-hybridized carbons (Fsp3) is 0.0541. The standard InChI is InChI=1S/C37H28N2/c1-2-11-26(24-25-38-37-33-16-5-3-12-29(33)30-13-4-6-17-34(30)37)27-20-22-28(23-21-27)39-35-18-9-7-14-31(35)32-15-8-10-19-36(32)39/h2-25,37H,1H3/b11-2-,26-24+,38-25+. The lowest BCUT2D eigenvalue weighted by atomic mass is 10.0. The van der Waals surface area contributed by atoms with Crippen LogP contribution in [0.25, 0.3) is 44.2 Å². The van der Waals surface area contributed by atoms with Crippen LogP contribution in [0.1, 0.15) is 29.7 Å². The molecule has 0 atom stereocenters. The molecule has 1 aliphatic carbocycles.